The van der Waals surface area contributed by atoms with Crippen molar-refractivity contribution >= 4 is 122 Å². The summed E-state index contributed by atoms with van der Waals surface area (Å²) in [5.41, 5.74) is 9.51. The number of allylic oxidation sites excluding steroid dienone is 3. The molecule has 0 aliphatic carbocycles. The standard InChI is InChI=1S/C21H20Cl2N4O3S.C10H13NO4S.C7H8ClNO3S.C7H9NO4S.C7H9NO.C6H14OSi.CH4.Na/c1-12-10-19-24-13(2)21(31(28,29)26-15-5-7-16(30-3)8-6-15)20(27(19)25-12)14-4-9-17(22)18(23)11-14;1-8(12)7-16(13,14)11-9-3-5-10(15-2)6-4-9;1-12-7-4-2-6(3-5-7)9-13(8,10)11;1-12-7-4-2-6(3-5-7)8-13(9,10)11;1-9-7-4-2-6(8)3-5-7;1-6(2)7-8(3,4)5;;/h4-11,20,24,26H,1-3H3;3-6,11H,7H2,1-2H3;2-5,9H,1H3;2-5,8H,1H3,(H,9,10,11);2-5H,8H2,1H3;1H2,2-5H3;1H4;/q;;;;;;;+1/p-1. The number of Topliss-reactive ketones (excluding diaryl/α,β-unsaturated/α-hetero) is 1. The molecule has 33 heteroatoms. The normalized spacial score (nSPS) is 12.2. The fraction of sp³-hybridized carbons (Fsp3) is 0.254. The number of halogens is 3. The van der Waals surface area contributed by atoms with E-state index in [1.54, 1.807) is 146 Å². The van der Waals surface area contributed by atoms with Crippen LogP contribution < -0.4 is 83.2 Å². The second kappa shape index (κ2) is 38.3. The molecule has 498 valence electrons. The van der Waals surface area contributed by atoms with Crippen LogP contribution in [0.1, 0.15) is 45.5 Å². The Morgan fingerprint density at radius 2 is 1.00 bits per heavy atom. The van der Waals surface area contributed by atoms with Crippen LogP contribution in [0, 0.1) is 6.92 Å². The van der Waals surface area contributed by atoms with Gasteiger partial charge in [0.15, 0.2) is 10.3 Å². The summed E-state index contributed by atoms with van der Waals surface area (Å²) < 4.78 is 142. The molecule has 2 heterocycles. The van der Waals surface area contributed by atoms with Crippen LogP contribution in [0.4, 0.5) is 34.3 Å². The van der Waals surface area contributed by atoms with Crippen LogP contribution in [0.3, 0.4) is 0 Å². The van der Waals surface area contributed by atoms with Gasteiger partial charge in [-0.25, -0.2) is 29.9 Å². The summed E-state index contributed by atoms with van der Waals surface area (Å²) in [5.74, 6) is 3.95. The Morgan fingerprint density at radius 1 is 0.620 bits per heavy atom. The topological polar surface area (TPSA) is 336 Å². The van der Waals surface area contributed by atoms with Crippen molar-refractivity contribution in [3.63, 3.8) is 0 Å². The van der Waals surface area contributed by atoms with E-state index in [1.165, 1.54) is 40.4 Å². The molecule has 0 saturated carbocycles. The quantitative estimate of drug-likeness (QED) is 0.0144. The number of rotatable bonds is 19. The van der Waals surface area contributed by atoms with Gasteiger partial charge in [0.25, 0.3) is 10.0 Å². The van der Waals surface area contributed by atoms with E-state index in [4.69, 9.17) is 67.7 Å². The summed E-state index contributed by atoms with van der Waals surface area (Å²) in [7, 11) is -4.34. The molecule has 1 aromatic heterocycles. The first-order chi connectivity index (χ1) is 41.9. The zero-order valence-corrected chi connectivity index (χ0v) is 60.7. The summed E-state index contributed by atoms with van der Waals surface area (Å²) in [6.45, 7) is 16.8. The Balaban J connectivity index is 0.000000593. The molecule has 0 bridgehead atoms. The monoisotopic (exact) mass is 1440 g/mol. The van der Waals surface area contributed by atoms with Gasteiger partial charge in [-0.2, -0.15) is 13.5 Å². The van der Waals surface area contributed by atoms with Crippen LogP contribution >= 0.6 is 33.9 Å². The van der Waals surface area contributed by atoms with Gasteiger partial charge < -0.3 is 43.7 Å². The molecular formula is C59H76Cl3N8NaO16S4Si. The number of ketones is 1. The van der Waals surface area contributed by atoms with Gasteiger partial charge in [-0.05, 0) is 186 Å². The molecule has 0 spiro atoms. The van der Waals surface area contributed by atoms with Gasteiger partial charge in [-0.15, -0.1) is 0 Å². The van der Waals surface area contributed by atoms with Crippen LogP contribution in [-0.4, -0.2) is 103 Å². The van der Waals surface area contributed by atoms with Crippen molar-refractivity contribution in [1.29, 1.82) is 0 Å². The summed E-state index contributed by atoms with van der Waals surface area (Å²) in [5, 5.41) is 8.39. The number of nitrogen functional groups attached to an aromatic ring is 1. The smallest absolute Gasteiger partial charge is 0.731 e. The van der Waals surface area contributed by atoms with Gasteiger partial charge in [0.1, 0.15) is 57.0 Å². The number of nitrogens with zero attached hydrogens (tertiary/aromatic N) is 2. The number of fused-ring (bicyclic) bond motifs is 1. The largest absolute Gasteiger partial charge is 1.00 e. The Hall–Kier alpha value is -6.87. The van der Waals surface area contributed by atoms with Crippen molar-refractivity contribution in [1.82, 2.24) is 9.78 Å². The van der Waals surface area contributed by atoms with E-state index in [0.717, 1.165) is 22.9 Å². The van der Waals surface area contributed by atoms with Crippen molar-refractivity contribution in [2.75, 3.05) is 71.2 Å². The molecular weight excluding hydrogens is 1360 g/mol. The summed E-state index contributed by atoms with van der Waals surface area (Å²) in [6.07, 6.45) is 0. The number of sulfonamides is 2. The number of methoxy groups -OCH3 is 5. The Bertz CT molecular complexity index is 3910. The number of nitrogens with one attached hydrogen (secondary N) is 5. The molecule has 0 fully saturated rings. The fourth-order valence-electron chi connectivity index (χ4n) is 7.44. The third kappa shape index (κ3) is 31.2. The maximum atomic E-state index is 13.5. The van der Waals surface area contributed by atoms with Crippen molar-refractivity contribution in [3.05, 3.63) is 190 Å². The maximum absolute atomic E-state index is 13.5. The number of aromatic nitrogens is 2. The van der Waals surface area contributed by atoms with Crippen LogP contribution in [0.15, 0.2) is 169 Å². The summed E-state index contributed by atoms with van der Waals surface area (Å²) >= 11 is 12.3. The number of ether oxygens (including phenoxy) is 5. The zero-order valence-electron chi connectivity index (χ0n) is 52.1. The van der Waals surface area contributed by atoms with E-state index in [2.05, 4.69) is 50.8 Å². The molecule has 7 aromatic rings. The third-order valence-electron chi connectivity index (χ3n) is 10.9. The molecule has 7 N–H and O–H groups in total. The molecule has 8 rings (SSSR count). The van der Waals surface area contributed by atoms with Gasteiger partial charge in [0, 0.05) is 50.9 Å². The average molecular weight is 1440 g/mol. The molecule has 92 heavy (non-hydrogen) atoms. The van der Waals surface area contributed by atoms with E-state index in [1.807, 2.05) is 32.0 Å². The molecule has 0 radical (unpaired) electrons. The van der Waals surface area contributed by atoms with Crippen LogP contribution in [0.5, 0.6) is 28.7 Å². The molecule has 1 aliphatic rings. The molecule has 24 nitrogen and oxygen atoms in total. The molecule has 6 aromatic carbocycles. The molecule has 0 amide bonds. The predicted molar refractivity (Wildman–Crippen MR) is 366 cm³/mol. The fourth-order valence-corrected chi connectivity index (χ4v) is 12.5. The van der Waals surface area contributed by atoms with Crippen LogP contribution in [-0.2, 0) is 48.8 Å². The van der Waals surface area contributed by atoms with Crippen molar-refractivity contribution in [2.45, 2.75) is 60.8 Å². The number of hydrogen-bond donors (Lipinski definition) is 6. The number of benzene rings is 6. The molecule has 1 atom stereocenters. The van der Waals surface area contributed by atoms with Gasteiger partial charge in [0.2, 0.25) is 18.3 Å². The van der Waals surface area contributed by atoms with Crippen LogP contribution in [0.2, 0.25) is 29.7 Å². The number of anilines is 6. The SMILES string of the molecule is C.C=C(C)O[Si](C)(C)C.COc1ccc(N)cc1.COc1ccc(NS(=O)(=O)C2=C(C)Nc3cc(C)nn3C2c2ccc(Cl)c(Cl)c2)cc1.COc1ccc(NS(=O)(=O)CC(C)=O)cc1.COc1ccc(NS(=O)(=O)Cl)cc1.COc1ccc(NS(=O)(=O)[O-])cc1.[Na+]. The number of carbonyl (C=O) groups excluding carboxylic acids is 1. The number of carbonyl (C=O) groups is 1. The second-order valence-corrected chi connectivity index (χ2v) is 31.7. The predicted octanol–water partition coefficient (Wildman–Crippen LogP) is 9.67. The van der Waals surface area contributed by atoms with E-state index in [9.17, 15) is 43.0 Å². The van der Waals surface area contributed by atoms with E-state index >= 15 is 0 Å². The summed E-state index contributed by atoms with van der Waals surface area (Å²) in [4.78, 5) is 10.8. The van der Waals surface area contributed by atoms with Crippen molar-refractivity contribution < 1.29 is 101 Å². The van der Waals surface area contributed by atoms with Gasteiger partial charge >= 0.3 is 38.8 Å². The van der Waals surface area contributed by atoms with E-state index in [0.29, 0.717) is 67.2 Å². The molecule has 0 saturated heterocycles. The minimum absolute atomic E-state index is 0. The minimum atomic E-state index is -4.44. The van der Waals surface area contributed by atoms with Gasteiger partial charge in [-0.3, -0.25) is 23.7 Å². The first kappa shape index (κ1) is 83.1. The average Bonchev–Trinajstić information content (AvgIpc) is 1.36. The Morgan fingerprint density at radius 3 is 1.34 bits per heavy atom. The molecule has 1 unspecified atom stereocenters. The number of hydrogen-bond acceptors (Lipinski definition) is 19. The zero-order chi connectivity index (χ0) is 67.8. The maximum Gasteiger partial charge on any atom is 1.00 e. The Labute approximate surface area is 578 Å². The van der Waals surface area contributed by atoms with E-state index < -0.39 is 65.5 Å². The first-order valence-corrected chi connectivity index (χ1v) is 37.2. The number of nitrogens with two attached hydrogens (primary N) is 1. The second-order valence-electron chi connectivity index (χ2n) is 19.7. The van der Waals surface area contributed by atoms with Crippen molar-refractivity contribution in [3.8, 4) is 28.7 Å². The van der Waals surface area contributed by atoms with Crippen molar-refractivity contribution in [2.24, 2.45) is 0 Å². The van der Waals surface area contributed by atoms with Gasteiger partial charge in [0.05, 0.1) is 57.0 Å². The minimum Gasteiger partial charge on any atom is -0.731 e. The van der Waals surface area contributed by atoms with E-state index in [-0.39, 0.29) is 47.6 Å². The van der Waals surface area contributed by atoms with Gasteiger partial charge in [-0.1, -0.05) is 43.3 Å². The first-order valence-electron chi connectivity index (χ1n) is 26.2. The number of aryl methyl sites for hydroxylation is 1. The Kier molecular flexibility index (Phi) is 34.7. The molecule has 1 aliphatic heterocycles. The summed E-state index contributed by atoms with van der Waals surface area (Å²) in [6, 6.07) is 38.8. The van der Waals surface area contributed by atoms with Crippen LogP contribution in [0.25, 0.3) is 0 Å². The third-order valence-corrected chi connectivity index (χ3v) is 16.8.